The number of rotatable bonds is 11. The van der Waals surface area contributed by atoms with Crippen molar-refractivity contribution in [3.63, 3.8) is 0 Å². The number of fused-ring (bicyclic) bond motifs is 1. The summed E-state index contributed by atoms with van der Waals surface area (Å²) < 4.78 is 40.7. The summed E-state index contributed by atoms with van der Waals surface area (Å²) in [6.45, 7) is 4.23. The van der Waals surface area contributed by atoms with Crippen molar-refractivity contribution >= 4 is 27.5 Å². The maximum absolute atomic E-state index is 14.4. The molecular formula is C34H41N3O6S. The van der Waals surface area contributed by atoms with E-state index in [0.29, 0.717) is 31.1 Å². The Morgan fingerprint density at radius 2 is 1.64 bits per heavy atom. The molecule has 1 aliphatic carbocycles. The van der Waals surface area contributed by atoms with Gasteiger partial charge < -0.3 is 19.7 Å². The summed E-state index contributed by atoms with van der Waals surface area (Å²) in [6, 6.07) is 20.0. The van der Waals surface area contributed by atoms with Crippen LogP contribution in [0.3, 0.4) is 0 Å². The molecule has 1 fully saturated rings. The summed E-state index contributed by atoms with van der Waals surface area (Å²) in [6.07, 6.45) is 5.51. The molecule has 1 heterocycles. The van der Waals surface area contributed by atoms with Crippen LogP contribution in [-0.2, 0) is 26.2 Å². The lowest BCUT2D eigenvalue weighted by Gasteiger charge is -2.34. The minimum atomic E-state index is -4.18. The van der Waals surface area contributed by atoms with Crippen molar-refractivity contribution in [2.45, 2.75) is 75.9 Å². The Hall–Kier alpha value is -4.05. The largest absolute Gasteiger partial charge is 0.486 e. The summed E-state index contributed by atoms with van der Waals surface area (Å²) in [5.74, 6) is 0.225. The van der Waals surface area contributed by atoms with E-state index in [2.05, 4.69) is 5.32 Å². The summed E-state index contributed by atoms with van der Waals surface area (Å²) >= 11 is 0. The molecule has 1 saturated carbocycles. The third-order valence-electron chi connectivity index (χ3n) is 8.20. The molecule has 0 spiro atoms. The monoisotopic (exact) mass is 619 g/mol. The quantitative estimate of drug-likeness (QED) is 0.316. The van der Waals surface area contributed by atoms with Crippen molar-refractivity contribution in [1.82, 2.24) is 10.2 Å². The van der Waals surface area contributed by atoms with E-state index in [-0.39, 0.29) is 29.1 Å². The van der Waals surface area contributed by atoms with Crippen LogP contribution in [0.5, 0.6) is 11.5 Å². The first kappa shape index (κ1) is 31.4. The molecule has 9 nitrogen and oxygen atoms in total. The number of hydrogen-bond donors (Lipinski definition) is 1. The predicted molar refractivity (Wildman–Crippen MR) is 169 cm³/mol. The van der Waals surface area contributed by atoms with Gasteiger partial charge in [0.1, 0.15) is 25.8 Å². The van der Waals surface area contributed by atoms with E-state index in [1.54, 1.807) is 36.4 Å². The van der Waals surface area contributed by atoms with E-state index in [0.717, 1.165) is 47.5 Å². The zero-order valence-corrected chi connectivity index (χ0v) is 26.2. The van der Waals surface area contributed by atoms with Crippen LogP contribution in [0.4, 0.5) is 5.69 Å². The smallest absolute Gasteiger partial charge is 0.264 e. The van der Waals surface area contributed by atoms with Gasteiger partial charge in [0.05, 0.1) is 10.6 Å². The van der Waals surface area contributed by atoms with Crippen LogP contribution >= 0.6 is 0 Å². The summed E-state index contributed by atoms with van der Waals surface area (Å²) in [5.41, 5.74) is 2.15. The highest BCUT2D eigenvalue weighted by Crippen LogP contribution is 2.36. The van der Waals surface area contributed by atoms with E-state index in [1.165, 1.54) is 17.0 Å². The standard InChI is InChI=1S/C34H41N3O6S/c1-3-30(34(39)35-27-13-6-4-7-14-27)36(23-26-12-10-11-25(2)21-26)33(38)24-37(44(40,41)29-15-8-5-9-16-29)28-17-18-31-32(22-28)43-20-19-42-31/h5,8-12,15-18,21-22,27,30H,3-4,6-7,13-14,19-20,23-24H2,1-2H3,(H,35,39). The van der Waals surface area contributed by atoms with Gasteiger partial charge in [-0.3, -0.25) is 13.9 Å². The van der Waals surface area contributed by atoms with Crippen LogP contribution in [0.15, 0.2) is 77.7 Å². The van der Waals surface area contributed by atoms with Gasteiger partial charge in [0.25, 0.3) is 10.0 Å². The van der Waals surface area contributed by atoms with Crippen molar-refractivity contribution in [1.29, 1.82) is 0 Å². The van der Waals surface area contributed by atoms with Crippen LogP contribution < -0.4 is 19.1 Å². The number of nitrogens with zero attached hydrogens (tertiary/aromatic N) is 2. The summed E-state index contributed by atoms with van der Waals surface area (Å²) in [5, 5.41) is 3.18. The minimum Gasteiger partial charge on any atom is -0.486 e. The number of ether oxygens (including phenoxy) is 2. The molecule has 3 aromatic carbocycles. The number of aryl methyl sites for hydroxylation is 1. The van der Waals surface area contributed by atoms with Gasteiger partial charge in [-0.25, -0.2) is 8.42 Å². The lowest BCUT2D eigenvalue weighted by molar-refractivity contribution is -0.140. The maximum atomic E-state index is 14.4. The average Bonchev–Trinajstić information content (AvgIpc) is 3.04. The number of carbonyl (C=O) groups is 2. The molecule has 3 aromatic rings. The molecule has 0 radical (unpaired) electrons. The highest BCUT2D eigenvalue weighted by atomic mass is 32.2. The number of hydrogen-bond acceptors (Lipinski definition) is 6. The molecular weight excluding hydrogens is 578 g/mol. The van der Waals surface area contributed by atoms with Gasteiger partial charge in [-0.05, 0) is 56.0 Å². The molecule has 0 bridgehead atoms. The van der Waals surface area contributed by atoms with Gasteiger partial charge in [-0.15, -0.1) is 0 Å². The first-order valence-electron chi connectivity index (χ1n) is 15.4. The fourth-order valence-electron chi connectivity index (χ4n) is 5.91. The van der Waals surface area contributed by atoms with Crippen molar-refractivity contribution in [2.75, 3.05) is 24.1 Å². The minimum absolute atomic E-state index is 0.0509. The number of amides is 2. The van der Waals surface area contributed by atoms with Gasteiger partial charge in [0, 0.05) is 18.7 Å². The number of nitrogens with one attached hydrogen (secondary N) is 1. The lowest BCUT2D eigenvalue weighted by Crippen LogP contribution is -2.54. The summed E-state index contributed by atoms with van der Waals surface area (Å²) in [4.78, 5) is 29.7. The van der Waals surface area contributed by atoms with E-state index in [4.69, 9.17) is 9.47 Å². The lowest BCUT2D eigenvalue weighted by atomic mass is 9.95. The molecule has 2 amide bonds. The molecule has 1 aliphatic heterocycles. The average molecular weight is 620 g/mol. The van der Waals surface area contributed by atoms with Crippen LogP contribution in [0, 0.1) is 6.92 Å². The van der Waals surface area contributed by atoms with E-state index in [9.17, 15) is 18.0 Å². The normalized spacial score (nSPS) is 15.7. The zero-order chi connectivity index (χ0) is 31.1. The van der Waals surface area contributed by atoms with Gasteiger partial charge in [-0.1, -0.05) is 74.2 Å². The molecule has 0 aromatic heterocycles. The Balaban J connectivity index is 1.50. The van der Waals surface area contributed by atoms with Crippen molar-refractivity contribution in [3.05, 3.63) is 83.9 Å². The highest BCUT2D eigenvalue weighted by molar-refractivity contribution is 7.92. The second kappa shape index (κ2) is 14.2. The zero-order valence-electron chi connectivity index (χ0n) is 25.4. The second-order valence-corrected chi connectivity index (χ2v) is 13.3. The molecule has 10 heteroatoms. The highest BCUT2D eigenvalue weighted by Gasteiger charge is 2.35. The van der Waals surface area contributed by atoms with Crippen LogP contribution in [0.2, 0.25) is 0 Å². The fourth-order valence-corrected chi connectivity index (χ4v) is 7.33. The Morgan fingerprint density at radius 3 is 2.34 bits per heavy atom. The number of benzene rings is 3. The molecule has 1 unspecified atom stereocenters. The Morgan fingerprint density at radius 1 is 0.909 bits per heavy atom. The Labute approximate surface area is 260 Å². The molecule has 1 atom stereocenters. The van der Waals surface area contributed by atoms with E-state index < -0.39 is 28.5 Å². The number of carbonyl (C=O) groups excluding carboxylic acids is 2. The molecule has 2 aliphatic rings. The Kier molecular flexibility index (Phi) is 10.1. The topological polar surface area (TPSA) is 105 Å². The van der Waals surface area contributed by atoms with Crippen molar-refractivity contribution < 1.29 is 27.5 Å². The van der Waals surface area contributed by atoms with E-state index >= 15 is 0 Å². The molecule has 44 heavy (non-hydrogen) atoms. The molecule has 5 rings (SSSR count). The second-order valence-electron chi connectivity index (χ2n) is 11.4. The SMILES string of the molecule is CCC(C(=O)NC1CCCCC1)N(Cc1cccc(C)c1)C(=O)CN(c1ccc2c(c1)OCCO2)S(=O)(=O)c1ccccc1. The molecule has 0 saturated heterocycles. The summed E-state index contributed by atoms with van der Waals surface area (Å²) in [7, 11) is -4.18. The fraction of sp³-hybridized carbons (Fsp3) is 0.412. The van der Waals surface area contributed by atoms with Gasteiger partial charge >= 0.3 is 0 Å². The third kappa shape index (κ3) is 7.35. The van der Waals surface area contributed by atoms with Gasteiger partial charge in [0.15, 0.2) is 11.5 Å². The molecule has 234 valence electrons. The van der Waals surface area contributed by atoms with Crippen LogP contribution in [-0.4, -0.2) is 57.0 Å². The first-order chi connectivity index (χ1) is 21.3. The van der Waals surface area contributed by atoms with E-state index in [1.807, 2.05) is 38.1 Å². The maximum Gasteiger partial charge on any atom is 0.264 e. The number of anilines is 1. The third-order valence-corrected chi connectivity index (χ3v) is 9.98. The van der Waals surface area contributed by atoms with Crippen molar-refractivity contribution in [2.24, 2.45) is 0 Å². The first-order valence-corrected chi connectivity index (χ1v) is 16.8. The number of sulfonamides is 1. The van der Waals surface area contributed by atoms with Gasteiger partial charge in [-0.2, -0.15) is 0 Å². The molecule has 1 N–H and O–H groups in total. The Bertz CT molecular complexity index is 1560. The van der Waals surface area contributed by atoms with Crippen LogP contribution in [0.1, 0.15) is 56.6 Å². The van der Waals surface area contributed by atoms with Crippen molar-refractivity contribution in [3.8, 4) is 11.5 Å². The van der Waals surface area contributed by atoms with Crippen LogP contribution in [0.25, 0.3) is 0 Å². The van der Waals surface area contributed by atoms with Gasteiger partial charge in [0.2, 0.25) is 11.8 Å². The predicted octanol–water partition coefficient (Wildman–Crippen LogP) is 5.22.